The number of benzene rings is 2. The van der Waals surface area contributed by atoms with Crippen LogP contribution in [-0.2, 0) is 19.4 Å². The topological polar surface area (TPSA) is 84.0 Å². The molecule has 0 spiro atoms. The van der Waals surface area contributed by atoms with E-state index >= 15 is 0 Å². The third-order valence-corrected chi connectivity index (χ3v) is 8.19. The van der Waals surface area contributed by atoms with Gasteiger partial charge < -0.3 is 14.5 Å². The molecule has 7 nitrogen and oxygen atoms in total. The molecule has 8 heteroatoms. The van der Waals surface area contributed by atoms with Gasteiger partial charge in [-0.15, -0.1) is 0 Å². The second kappa shape index (κ2) is 8.70. The van der Waals surface area contributed by atoms with Crippen molar-refractivity contribution in [1.29, 1.82) is 0 Å². The summed E-state index contributed by atoms with van der Waals surface area (Å²) >= 11 is 0. The van der Waals surface area contributed by atoms with Crippen LogP contribution in [0.15, 0.2) is 54.6 Å². The minimum Gasteiger partial charge on any atom is -0.497 e. The van der Waals surface area contributed by atoms with Gasteiger partial charge in [-0.05, 0) is 24.1 Å². The van der Waals surface area contributed by atoms with Crippen LogP contribution in [0.3, 0.4) is 0 Å². The lowest BCUT2D eigenvalue weighted by molar-refractivity contribution is -0.135. The van der Waals surface area contributed by atoms with Gasteiger partial charge in [-0.25, -0.2) is 8.42 Å². The Labute approximate surface area is 182 Å². The Balaban J connectivity index is 1.47. The SMILES string of the molecule is COc1cccc(N2C[C@H](C(=O)N3CC[C@@H](c4ccccc4)S(=O)(=O)CC3)CC2=O)c1. The Hall–Kier alpha value is -2.87. The van der Waals surface area contributed by atoms with Crippen molar-refractivity contribution in [2.75, 3.05) is 37.4 Å². The van der Waals surface area contributed by atoms with Crippen LogP contribution in [0.1, 0.15) is 23.7 Å². The fraction of sp³-hybridized carbons (Fsp3) is 0.391. The van der Waals surface area contributed by atoms with E-state index in [1.165, 1.54) is 0 Å². The van der Waals surface area contributed by atoms with Gasteiger partial charge in [-0.1, -0.05) is 36.4 Å². The van der Waals surface area contributed by atoms with Gasteiger partial charge >= 0.3 is 0 Å². The first-order valence-electron chi connectivity index (χ1n) is 10.4. The first-order valence-corrected chi connectivity index (χ1v) is 12.1. The van der Waals surface area contributed by atoms with Gasteiger partial charge in [0.2, 0.25) is 11.8 Å². The number of carbonyl (C=O) groups excluding carboxylic acids is 2. The molecule has 2 aliphatic rings. The number of ether oxygens (including phenoxy) is 1. The zero-order valence-electron chi connectivity index (χ0n) is 17.4. The summed E-state index contributed by atoms with van der Waals surface area (Å²) in [5.74, 6) is -0.170. The normalized spacial score (nSPS) is 23.5. The van der Waals surface area contributed by atoms with Crippen LogP contribution in [0.4, 0.5) is 5.69 Å². The van der Waals surface area contributed by atoms with E-state index in [1.807, 2.05) is 36.4 Å². The van der Waals surface area contributed by atoms with E-state index in [4.69, 9.17) is 4.74 Å². The summed E-state index contributed by atoms with van der Waals surface area (Å²) < 4.78 is 30.9. The minimum absolute atomic E-state index is 0.0709. The molecule has 2 fully saturated rings. The molecule has 2 saturated heterocycles. The molecule has 2 aliphatic heterocycles. The van der Waals surface area contributed by atoms with E-state index in [9.17, 15) is 18.0 Å². The smallest absolute Gasteiger partial charge is 0.228 e. The second-order valence-corrected chi connectivity index (χ2v) is 10.3. The first-order chi connectivity index (χ1) is 14.9. The molecule has 164 valence electrons. The standard InChI is InChI=1S/C23H26N2O5S/c1-30-20-9-5-8-19(15-20)25-16-18(14-22(25)26)23(27)24-11-10-21(31(28,29)13-12-24)17-6-3-2-4-7-17/h2-9,15,18,21H,10-14,16H2,1H3/t18-,21+/m1/s1. The van der Waals surface area contributed by atoms with Crippen LogP contribution in [-0.4, -0.2) is 57.6 Å². The fourth-order valence-electron chi connectivity index (χ4n) is 4.37. The van der Waals surface area contributed by atoms with E-state index in [-0.39, 0.29) is 37.1 Å². The number of carbonyl (C=O) groups is 2. The summed E-state index contributed by atoms with van der Waals surface area (Å²) in [6, 6.07) is 16.3. The monoisotopic (exact) mass is 442 g/mol. The second-order valence-electron chi connectivity index (χ2n) is 7.99. The molecule has 0 unspecified atom stereocenters. The molecule has 0 saturated carbocycles. The van der Waals surface area contributed by atoms with Crippen LogP contribution in [0.25, 0.3) is 0 Å². The summed E-state index contributed by atoms with van der Waals surface area (Å²) in [4.78, 5) is 29.0. The Morgan fingerprint density at radius 2 is 1.84 bits per heavy atom. The Bertz CT molecular complexity index is 1070. The Kier molecular flexibility index (Phi) is 6.00. The number of hydrogen-bond donors (Lipinski definition) is 0. The van der Waals surface area contributed by atoms with E-state index < -0.39 is 21.0 Å². The summed E-state index contributed by atoms with van der Waals surface area (Å²) in [6.45, 7) is 0.812. The molecule has 2 aromatic rings. The van der Waals surface area contributed by atoms with E-state index in [0.29, 0.717) is 24.4 Å². The molecular formula is C23H26N2O5S. The van der Waals surface area contributed by atoms with Crippen LogP contribution in [0.5, 0.6) is 5.75 Å². The molecule has 2 aromatic carbocycles. The number of rotatable bonds is 4. The van der Waals surface area contributed by atoms with Gasteiger partial charge in [-0.3, -0.25) is 9.59 Å². The third-order valence-electron chi connectivity index (χ3n) is 6.06. The van der Waals surface area contributed by atoms with Crippen LogP contribution in [0.2, 0.25) is 0 Å². The maximum Gasteiger partial charge on any atom is 0.228 e. The zero-order chi connectivity index (χ0) is 22.0. The van der Waals surface area contributed by atoms with Crippen molar-refractivity contribution in [3.05, 3.63) is 60.2 Å². The fourth-order valence-corrected chi connectivity index (χ4v) is 6.16. The van der Waals surface area contributed by atoms with Crippen molar-refractivity contribution in [3.8, 4) is 5.75 Å². The van der Waals surface area contributed by atoms with Gasteiger partial charge in [0.25, 0.3) is 0 Å². The summed E-state index contributed by atoms with van der Waals surface area (Å²) in [7, 11) is -1.80. The average molecular weight is 443 g/mol. The molecule has 2 amide bonds. The number of methoxy groups -OCH3 is 1. The summed E-state index contributed by atoms with van der Waals surface area (Å²) in [5.41, 5.74) is 1.46. The molecule has 0 N–H and O–H groups in total. The third kappa shape index (κ3) is 4.44. The van der Waals surface area contributed by atoms with Crippen molar-refractivity contribution in [1.82, 2.24) is 4.90 Å². The number of nitrogens with zero attached hydrogens (tertiary/aromatic N) is 2. The van der Waals surface area contributed by atoms with Gasteiger partial charge in [0.05, 0.1) is 24.0 Å². The van der Waals surface area contributed by atoms with Gasteiger partial charge in [-0.2, -0.15) is 0 Å². The van der Waals surface area contributed by atoms with Gasteiger partial charge in [0.15, 0.2) is 9.84 Å². The van der Waals surface area contributed by atoms with Crippen molar-refractivity contribution >= 4 is 27.3 Å². The van der Waals surface area contributed by atoms with Crippen LogP contribution in [0, 0.1) is 5.92 Å². The van der Waals surface area contributed by atoms with Crippen molar-refractivity contribution in [2.24, 2.45) is 5.92 Å². The molecule has 4 rings (SSSR count). The molecule has 2 heterocycles. The van der Waals surface area contributed by atoms with Crippen molar-refractivity contribution in [3.63, 3.8) is 0 Å². The molecule has 2 atom stereocenters. The lowest BCUT2D eigenvalue weighted by Gasteiger charge is -2.24. The number of anilines is 1. The molecular weight excluding hydrogens is 416 g/mol. The highest BCUT2D eigenvalue weighted by atomic mass is 32.2. The highest BCUT2D eigenvalue weighted by Crippen LogP contribution is 2.32. The van der Waals surface area contributed by atoms with E-state index in [2.05, 4.69) is 0 Å². The van der Waals surface area contributed by atoms with E-state index in [1.54, 1.807) is 35.1 Å². The predicted molar refractivity (Wildman–Crippen MR) is 118 cm³/mol. The maximum atomic E-state index is 13.2. The highest BCUT2D eigenvalue weighted by molar-refractivity contribution is 7.91. The molecule has 0 aromatic heterocycles. The lowest BCUT2D eigenvalue weighted by Crippen LogP contribution is -2.39. The molecule has 31 heavy (non-hydrogen) atoms. The highest BCUT2D eigenvalue weighted by Gasteiger charge is 2.39. The lowest BCUT2D eigenvalue weighted by atomic mass is 10.1. The van der Waals surface area contributed by atoms with Crippen molar-refractivity contribution in [2.45, 2.75) is 18.1 Å². The number of sulfone groups is 1. The maximum absolute atomic E-state index is 13.2. The van der Waals surface area contributed by atoms with E-state index in [0.717, 1.165) is 5.56 Å². The number of amides is 2. The largest absolute Gasteiger partial charge is 0.497 e. The molecule has 0 bridgehead atoms. The van der Waals surface area contributed by atoms with Gasteiger partial charge in [0.1, 0.15) is 5.75 Å². The first kappa shape index (κ1) is 21.4. The minimum atomic E-state index is -3.36. The quantitative estimate of drug-likeness (QED) is 0.726. The van der Waals surface area contributed by atoms with Crippen LogP contribution < -0.4 is 9.64 Å². The number of hydrogen-bond acceptors (Lipinski definition) is 5. The molecule has 0 radical (unpaired) electrons. The Morgan fingerprint density at radius 1 is 1.06 bits per heavy atom. The van der Waals surface area contributed by atoms with Gasteiger partial charge in [0, 0.05) is 37.8 Å². The van der Waals surface area contributed by atoms with Crippen molar-refractivity contribution < 1.29 is 22.7 Å². The zero-order valence-corrected chi connectivity index (χ0v) is 18.3. The summed E-state index contributed by atoms with van der Waals surface area (Å²) in [5, 5.41) is -0.606. The summed E-state index contributed by atoms with van der Waals surface area (Å²) in [6.07, 6.45) is 0.486. The average Bonchev–Trinajstić information content (AvgIpc) is 3.09. The predicted octanol–water partition coefficient (Wildman–Crippen LogP) is 2.44. The molecule has 0 aliphatic carbocycles. The Morgan fingerprint density at radius 3 is 2.58 bits per heavy atom. The van der Waals surface area contributed by atoms with Crippen LogP contribution >= 0.6 is 0 Å².